The third-order valence-corrected chi connectivity index (χ3v) is 4.73. The number of hydrogen-bond acceptors (Lipinski definition) is 5. The minimum absolute atomic E-state index is 0.0482. The molecule has 116 valence electrons. The average molecular weight is 316 g/mol. The van der Waals surface area contributed by atoms with Gasteiger partial charge in [0.15, 0.2) is 0 Å². The molecule has 5 nitrogen and oxygen atoms in total. The minimum Gasteiger partial charge on any atom is -0.356 e. The lowest BCUT2D eigenvalue weighted by atomic mass is 9.97. The van der Waals surface area contributed by atoms with E-state index in [9.17, 15) is 4.79 Å². The molecular weight excluding hydrogens is 296 g/mol. The fourth-order valence-electron chi connectivity index (χ4n) is 2.75. The Kier molecular flexibility index (Phi) is 5.00. The van der Waals surface area contributed by atoms with Crippen molar-refractivity contribution in [2.45, 2.75) is 19.3 Å². The number of carbonyl (C=O) groups is 1. The number of aromatic nitrogens is 2. The smallest absolute Gasteiger partial charge is 0.224 e. The van der Waals surface area contributed by atoms with E-state index in [1.807, 2.05) is 23.6 Å². The molecule has 6 heteroatoms. The highest BCUT2D eigenvalue weighted by Gasteiger charge is 2.26. The van der Waals surface area contributed by atoms with Crippen molar-refractivity contribution in [3.05, 3.63) is 41.0 Å². The van der Waals surface area contributed by atoms with Crippen molar-refractivity contribution >= 4 is 23.1 Å². The Labute approximate surface area is 134 Å². The molecule has 1 unspecified atom stereocenters. The van der Waals surface area contributed by atoms with E-state index in [4.69, 9.17) is 0 Å². The van der Waals surface area contributed by atoms with E-state index in [0.717, 1.165) is 43.2 Å². The van der Waals surface area contributed by atoms with E-state index in [-0.39, 0.29) is 11.8 Å². The molecule has 0 radical (unpaired) electrons. The Morgan fingerprint density at radius 2 is 2.32 bits per heavy atom. The van der Waals surface area contributed by atoms with Crippen LogP contribution in [0.1, 0.15) is 17.8 Å². The maximum Gasteiger partial charge on any atom is 0.224 e. The van der Waals surface area contributed by atoms with Crippen LogP contribution in [0, 0.1) is 5.92 Å². The highest BCUT2D eigenvalue weighted by molar-refractivity contribution is 7.09. The maximum atomic E-state index is 12.3. The van der Waals surface area contributed by atoms with Gasteiger partial charge in [-0.2, -0.15) is 0 Å². The van der Waals surface area contributed by atoms with Crippen molar-refractivity contribution in [3.8, 4) is 0 Å². The summed E-state index contributed by atoms with van der Waals surface area (Å²) < 4.78 is 0. The highest BCUT2D eigenvalue weighted by Crippen LogP contribution is 2.21. The standard InChI is InChI=1S/C16H20N4OS/c21-16(19-8-6-15-18-9-11-22-15)13-4-3-10-20(12-13)14-5-1-2-7-17-14/h1-2,5,7,9,11,13H,3-4,6,8,10,12H2,(H,19,21). The van der Waals surface area contributed by atoms with Gasteiger partial charge in [-0.15, -0.1) is 11.3 Å². The quantitative estimate of drug-likeness (QED) is 0.918. The van der Waals surface area contributed by atoms with E-state index >= 15 is 0 Å². The Morgan fingerprint density at radius 1 is 1.36 bits per heavy atom. The number of anilines is 1. The molecule has 0 aromatic carbocycles. The number of nitrogens with zero attached hydrogens (tertiary/aromatic N) is 3. The van der Waals surface area contributed by atoms with Crippen molar-refractivity contribution in [2.75, 3.05) is 24.5 Å². The molecule has 3 rings (SSSR count). The van der Waals surface area contributed by atoms with Gasteiger partial charge in [0, 0.05) is 43.8 Å². The third kappa shape index (κ3) is 3.82. The summed E-state index contributed by atoms with van der Waals surface area (Å²) in [6.45, 7) is 2.38. The molecule has 1 N–H and O–H groups in total. The van der Waals surface area contributed by atoms with Gasteiger partial charge in [-0.1, -0.05) is 6.07 Å². The van der Waals surface area contributed by atoms with Crippen LogP contribution in [0.5, 0.6) is 0 Å². The Balaban J connectivity index is 1.49. The predicted octanol–water partition coefficient (Wildman–Crippen LogP) is 2.11. The first kappa shape index (κ1) is 15.0. The van der Waals surface area contributed by atoms with E-state index in [1.54, 1.807) is 23.7 Å². The van der Waals surface area contributed by atoms with Gasteiger partial charge in [-0.25, -0.2) is 9.97 Å². The van der Waals surface area contributed by atoms with E-state index in [2.05, 4.69) is 20.2 Å². The second-order valence-electron chi connectivity index (χ2n) is 5.44. The van der Waals surface area contributed by atoms with Crippen molar-refractivity contribution in [2.24, 2.45) is 5.92 Å². The monoisotopic (exact) mass is 316 g/mol. The van der Waals surface area contributed by atoms with Gasteiger partial charge in [-0.3, -0.25) is 4.79 Å². The van der Waals surface area contributed by atoms with Gasteiger partial charge in [-0.05, 0) is 25.0 Å². The number of hydrogen-bond donors (Lipinski definition) is 1. The molecule has 1 aliphatic rings. The van der Waals surface area contributed by atoms with E-state index in [1.165, 1.54) is 0 Å². The number of carbonyl (C=O) groups excluding carboxylic acids is 1. The van der Waals surface area contributed by atoms with Crippen molar-refractivity contribution in [1.82, 2.24) is 15.3 Å². The summed E-state index contributed by atoms with van der Waals surface area (Å²) in [5.74, 6) is 1.16. The molecule has 2 aromatic heterocycles. The van der Waals surface area contributed by atoms with Crippen LogP contribution in [0.25, 0.3) is 0 Å². The van der Waals surface area contributed by atoms with Crippen LogP contribution in [0.3, 0.4) is 0 Å². The number of thiazole rings is 1. The zero-order valence-corrected chi connectivity index (χ0v) is 13.3. The molecule has 1 aliphatic heterocycles. The van der Waals surface area contributed by atoms with Crippen LogP contribution in [0.15, 0.2) is 36.0 Å². The summed E-state index contributed by atoms with van der Waals surface area (Å²) in [5, 5.41) is 6.07. The summed E-state index contributed by atoms with van der Waals surface area (Å²) in [7, 11) is 0. The summed E-state index contributed by atoms with van der Waals surface area (Å²) >= 11 is 1.63. The largest absolute Gasteiger partial charge is 0.356 e. The summed E-state index contributed by atoms with van der Waals surface area (Å²) in [4.78, 5) is 23.1. The molecule has 2 aromatic rings. The Hall–Kier alpha value is -1.95. The van der Waals surface area contributed by atoms with Crippen molar-refractivity contribution in [1.29, 1.82) is 0 Å². The third-order valence-electron chi connectivity index (χ3n) is 3.89. The lowest BCUT2D eigenvalue weighted by molar-refractivity contribution is -0.125. The molecule has 22 heavy (non-hydrogen) atoms. The Morgan fingerprint density at radius 3 is 3.09 bits per heavy atom. The fraction of sp³-hybridized carbons (Fsp3) is 0.438. The molecule has 1 saturated heterocycles. The number of amides is 1. The van der Waals surface area contributed by atoms with Crippen LogP contribution < -0.4 is 10.2 Å². The molecule has 0 saturated carbocycles. The van der Waals surface area contributed by atoms with Crippen molar-refractivity contribution < 1.29 is 4.79 Å². The lowest BCUT2D eigenvalue weighted by Gasteiger charge is -2.32. The van der Waals surface area contributed by atoms with Gasteiger partial charge in [0.25, 0.3) is 0 Å². The van der Waals surface area contributed by atoms with Crippen LogP contribution in [0.2, 0.25) is 0 Å². The van der Waals surface area contributed by atoms with Gasteiger partial charge in [0.2, 0.25) is 5.91 Å². The first-order valence-corrected chi connectivity index (χ1v) is 8.53. The predicted molar refractivity (Wildman–Crippen MR) is 88.0 cm³/mol. The number of nitrogens with one attached hydrogen (secondary N) is 1. The molecule has 0 spiro atoms. The van der Waals surface area contributed by atoms with E-state index in [0.29, 0.717) is 6.54 Å². The number of rotatable bonds is 5. The molecule has 0 bridgehead atoms. The topological polar surface area (TPSA) is 58.1 Å². The van der Waals surface area contributed by atoms with Gasteiger partial charge >= 0.3 is 0 Å². The van der Waals surface area contributed by atoms with Gasteiger partial charge < -0.3 is 10.2 Å². The second-order valence-corrected chi connectivity index (χ2v) is 6.42. The lowest BCUT2D eigenvalue weighted by Crippen LogP contribution is -2.43. The highest BCUT2D eigenvalue weighted by atomic mass is 32.1. The van der Waals surface area contributed by atoms with Gasteiger partial charge in [0.05, 0.1) is 10.9 Å². The zero-order chi connectivity index (χ0) is 15.2. The van der Waals surface area contributed by atoms with E-state index < -0.39 is 0 Å². The summed E-state index contributed by atoms with van der Waals surface area (Å²) in [6.07, 6.45) is 6.38. The first-order valence-electron chi connectivity index (χ1n) is 7.65. The summed E-state index contributed by atoms with van der Waals surface area (Å²) in [6, 6.07) is 5.90. The first-order chi connectivity index (χ1) is 10.8. The second kappa shape index (κ2) is 7.35. The van der Waals surface area contributed by atoms with Crippen LogP contribution in [0.4, 0.5) is 5.82 Å². The fourth-order valence-corrected chi connectivity index (χ4v) is 3.37. The molecule has 1 fully saturated rings. The number of piperidine rings is 1. The Bertz CT molecular complexity index is 587. The number of pyridine rings is 1. The molecular formula is C16H20N4OS. The van der Waals surface area contributed by atoms with Crippen molar-refractivity contribution in [3.63, 3.8) is 0 Å². The van der Waals surface area contributed by atoms with Crippen LogP contribution in [-0.4, -0.2) is 35.5 Å². The molecule has 1 atom stereocenters. The minimum atomic E-state index is 0.0482. The van der Waals surface area contributed by atoms with Crippen LogP contribution in [-0.2, 0) is 11.2 Å². The average Bonchev–Trinajstić information content (AvgIpc) is 3.09. The maximum absolute atomic E-state index is 12.3. The SMILES string of the molecule is O=C(NCCc1nccs1)C1CCCN(c2ccccn2)C1. The van der Waals surface area contributed by atoms with Crippen LogP contribution >= 0.6 is 11.3 Å². The molecule has 1 amide bonds. The molecule has 0 aliphatic carbocycles. The normalized spacial score (nSPS) is 18.2. The van der Waals surface area contributed by atoms with Gasteiger partial charge in [0.1, 0.15) is 5.82 Å². The summed E-state index contributed by atoms with van der Waals surface area (Å²) in [5.41, 5.74) is 0. The molecule has 3 heterocycles. The zero-order valence-electron chi connectivity index (χ0n) is 12.4.